The van der Waals surface area contributed by atoms with Crippen molar-refractivity contribution in [1.82, 2.24) is 4.98 Å². The number of nitrogens with two attached hydrogens (primary N) is 1. The molecule has 3 N–H and O–H groups in total. The fourth-order valence-corrected chi connectivity index (χ4v) is 1.94. The van der Waals surface area contributed by atoms with Crippen LogP contribution in [0.15, 0.2) is 30.5 Å². The van der Waals surface area contributed by atoms with E-state index in [4.69, 9.17) is 5.73 Å². The van der Waals surface area contributed by atoms with Crippen molar-refractivity contribution in [3.05, 3.63) is 36.0 Å². The number of fused-ring (bicyclic) bond motifs is 1. The number of anilines is 1. The topological polar surface area (TPSA) is 68.0 Å². The number of halogens is 2. The van der Waals surface area contributed by atoms with E-state index in [1.54, 1.807) is 6.20 Å². The molecule has 1 heterocycles. The van der Waals surface area contributed by atoms with Crippen molar-refractivity contribution < 1.29 is 4.79 Å². The van der Waals surface area contributed by atoms with E-state index in [2.05, 4.69) is 10.3 Å². The minimum absolute atomic E-state index is 0. The molecule has 0 aliphatic carbocycles. The molecule has 2 rings (SSSR count). The van der Waals surface area contributed by atoms with Gasteiger partial charge in [-0.05, 0) is 36.6 Å². The first-order valence-corrected chi connectivity index (χ1v) is 6.41. The van der Waals surface area contributed by atoms with Gasteiger partial charge in [0.1, 0.15) is 0 Å². The third-order valence-corrected chi connectivity index (χ3v) is 3.25. The molecular formula is C15H21Cl2N3O. The molecule has 1 amide bonds. The number of nitrogens with zero attached hydrogens (tertiary/aromatic N) is 1. The highest BCUT2D eigenvalue weighted by atomic mass is 35.5. The number of pyridine rings is 1. The van der Waals surface area contributed by atoms with Crippen molar-refractivity contribution in [2.45, 2.75) is 26.8 Å². The molecule has 1 atom stereocenters. The molecule has 116 valence electrons. The molecule has 0 saturated carbocycles. The van der Waals surface area contributed by atoms with E-state index < -0.39 is 6.04 Å². The second-order valence-corrected chi connectivity index (χ2v) is 5.09. The van der Waals surface area contributed by atoms with Gasteiger partial charge in [0.25, 0.3) is 0 Å². The monoisotopic (exact) mass is 329 g/mol. The molecule has 21 heavy (non-hydrogen) atoms. The average Bonchev–Trinajstić information content (AvgIpc) is 2.41. The van der Waals surface area contributed by atoms with Gasteiger partial charge < -0.3 is 11.1 Å². The molecule has 0 aliphatic heterocycles. The summed E-state index contributed by atoms with van der Waals surface area (Å²) >= 11 is 0. The molecule has 1 aromatic heterocycles. The van der Waals surface area contributed by atoms with E-state index in [1.807, 2.05) is 45.0 Å². The molecule has 2 aromatic rings. The number of carbonyl (C=O) groups is 1. The third-order valence-electron chi connectivity index (χ3n) is 3.25. The molecule has 1 unspecified atom stereocenters. The smallest absolute Gasteiger partial charge is 0.241 e. The van der Waals surface area contributed by atoms with Gasteiger partial charge in [-0.1, -0.05) is 19.9 Å². The summed E-state index contributed by atoms with van der Waals surface area (Å²) in [6.07, 6.45) is 1.75. The summed E-state index contributed by atoms with van der Waals surface area (Å²) in [5.41, 5.74) is 8.60. The van der Waals surface area contributed by atoms with Gasteiger partial charge >= 0.3 is 0 Å². The Hall–Kier alpha value is -1.36. The van der Waals surface area contributed by atoms with Gasteiger partial charge in [0.05, 0.1) is 17.2 Å². The van der Waals surface area contributed by atoms with Crippen molar-refractivity contribution in [2.75, 3.05) is 5.32 Å². The Morgan fingerprint density at radius 3 is 2.52 bits per heavy atom. The van der Waals surface area contributed by atoms with Gasteiger partial charge in [-0.2, -0.15) is 0 Å². The van der Waals surface area contributed by atoms with E-state index >= 15 is 0 Å². The van der Waals surface area contributed by atoms with Crippen molar-refractivity contribution >= 4 is 47.3 Å². The molecule has 0 saturated heterocycles. The summed E-state index contributed by atoms with van der Waals surface area (Å²) in [6.45, 7) is 5.86. The van der Waals surface area contributed by atoms with Gasteiger partial charge in [0.2, 0.25) is 5.91 Å². The number of aromatic nitrogens is 1. The zero-order valence-electron chi connectivity index (χ0n) is 12.3. The van der Waals surface area contributed by atoms with Crippen LogP contribution < -0.4 is 11.1 Å². The fourth-order valence-electron chi connectivity index (χ4n) is 1.94. The summed E-state index contributed by atoms with van der Waals surface area (Å²) in [5.74, 6) is -0.0566. The second kappa shape index (κ2) is 8.17. The van der Waals surface area contributed by atoms with Gasteiger partial charge in [-0.15, -0.1) is 24.8 Å². The summed E-state index contributed by atoms with van der Waals surface area (Å²) in [5, 5.41) is 3.83. The van der Waals surface area contributed by atoms with Gasteiger partial charge in [0, 0.05) is 11.6 Å². The van der Waals surface area contributed by atoms with Crippen LogP contribution in [0.3, 0.4) is 0 Å². The number of benzene rings is 1. The first kappa shape index (κ1) is 19.6. The van der Waals surface area contributed by atoms with Crippen LogP contribution in [0.2, 0.25) is 0 Å². The Morgan fingerprint density at radius 2 is 1.90 bits per heavy atom. The maximum absolute atomic E-state index is 12.0. The largest absolute Gasteiger partial charge is 0.324 e. The van der Waals surface area contributed by atoms with Gasteiger partial charge in [-0.3, -0.25) is 9.78 Å². The van der Waals surface area contributed by atoms with Crippen LogP contribution in [0.1, 0.15) is 19.4 Å². The van der Waals surface area contributed by atoms with Crippen molar-refractivity contribution in [2.24, 2.45) is 11.7 Å². The van der Waals surface area contributed by atoms with Crippen LogP contribution in [-0.4, -0.2) is 16.9 Å². The Labute approximate surface area is 137 Å². The number of amides is 1. The van der Waals surface area contributed by atoms with E-state index in [1.165, 1.54) is 0 Å². The van der Waals surface area contributed by atoms with E-state index in [0.717, 1.165) is 22.2 Å². The quantitative estimate of drug-likeness (QED) is 0.907. The maximum atomic E-state index is 12.0. The van der Waals surface area contributed by atoms with Crippen molar-refractivity contribution in [3.8, 4) is 0 Å². The lowest BCUT2D eigenvalue weighted by atomic mass is 10.0. The molecule has 0 radical (unpaired) electrons. The number of nitrogens with one attached hydrogen (secondary N) is 1. The van der Waals surface area contributed by atoms with E-state index in [-0.39, 0.29) is 36.6 Å². The zero-order chi connectivity index (χ0) is 14.0. The molecule has 0 aliphatic rings. The summed E-state index contributed by atoms with van der Waals surface area (Å²) < 4.78 is 0. The lowest BCUT2D eigenvalue weighted by molar-refractivity contribution is -0.118. The van der Waals surface area contributed by atoms with E-state index in [9.17, 15) is 4.79 Å². The lowest BCUT2D eigenvalue weighted by Gasteiger charge is -2.16. The highest BCUT2D eigenvalue weighted by molar-refractivity contribution is 6.03. The van der Waals surface area contributed by atoms with Crippen LogP contribution in [0.4, 0.5) is 5.69 Å². The van der Waals surface area contributed by atoms with Crippen molar-refractivity contribution in [1.29, 1.82) is 0 Å². The third kappa shape index (κ3) is 4.30. The Bertz CT molecular complexity index is 617. The highest BCUT2D eigenvalue weighted by Gasteiger charge is 2.18. The maximum Gasteiger partial charge on any atom is 0.241 e. The first-order chi connectivity index (χ1) is 9.00. The Balaban J connectivity index is 0.00000200. The number of carbonyl (C=O) groups excluding carboxylic acids is 1. The predicted octanol–water partition coefficient (Wildman–Crippen LogP) is 3.31. The van der Waals surface area contributed by atoms with Crippen LogP contribution in [-0.2, 0) is 4.79 Å². The SMILES string of the molecule is Cc1ccc(NC(=O)C(N)C(C)C)c2cccnc12.Cl.Cl. The van der Waals surface area contributed by atoms with Crippen LogP contribution in [0.5, 0.6) is 0 Å². The molecule has 0 bridgehead atoms. The Kier molecular flexibility index (Phi) is 7.64. The summed E-state index contributed by atoms with van der Waals surface area (Å²) in [4.78, 5) is 16.4. The molecule has 0 fully saturated rings. The van der Waals surface area contributed by atoms with Gasteiger partial charge in [0.15, 0.2) is 0 Å². The zero-order valence-corrected chi connectivity index (χ0v) is 13.9. The molecule has 0 spiro atoms. The molecule has 4 nitrogen and oxygen atoms in total. The fraction of sp³-hybridized carbons (Fsp3) is 0.333. The first-order valence-electron chi connectivity index (χ1n) is 6.41. The number of aryl methyl sites for hydroxylation is 1. The predicted molar refractivity (Wildman–Crippen MR) is 92.4 cm³/mol. The number of rotatable bonds is 3. The van der Waals surface area contributed by atoms with Crippen LogP contribution >= 0.6 is 24.8 Å². The molecular weight excluding hydrogens is 309 g/mol. The Morgan fingerprint density at radius 1 is 1.24 bits per heavy atom. The molecule has 1 aromatic carbocycles. The normalized spacial score (nSPS) is 11.5. The van der Waals surface area contributed by atoms with Crippen molar-refractivity contribution in [3.63, 3.8) is 0 Å². The second-order valence-electron chi connectivity index (χ2n) is 5.09. The number of hydrogen-bond acceptors (Lipinski definition) is 3. The summed E-state index contributed by atoms with van der Waals surface area (Å²) in [7, 11) is 0. The van der Waals surface area contributed by atoms with E-state index in [0.29, 0.717) is 0 Å². The van der Waals surface area contributed by atoms with Crippen LogP contribution in [0.25, 0.3) is 10.9 Å². The number of hydrogen-bond donors (Lipinski definition) is 2. The standard InChI is InChI=1S/C15H19N3O.2ClH/c1-9(2)13(16)15(19)18-12-7-6-10(3)14-11(12)5-4-8-17-14;;/h4-9,13H,16H2,1-3H3,(H,18,19);2*1H. The van der Waals surface area contributed by atoms with Gasteiger partial charge in [-0.25, -0.2) is 0 Å². The summed E-state index contributed by atoms with van der Waals surface area (Å²) in [6, 6.07) is 7.15. The minimum Gasteiger partial charge on any atom is -0.324 e. The average molecular weight is 330 g/mol. The molecule has 6 heteroatoms. The highest BCUT2D eigenvalue weighted by Crippen LogP contribution is 2.24. The lowest BCUT2D eigenvalue weighted by Crippen LogP contribution is -2.39. The van der Waals surface area contributed by atoms with Crippen LogP contribution in [0, 0.1) is 12.8 Å². The minimum atomic E-state index is -0.506.